The molecule has 0 aromatic heterocycles. The highest BCUT2D eigenvalue weighted by Crippen LogP contribution is 2.07. The van der Waals surface area contributed by atoms with Crippen LogP contribution in [0, 0.1) is 0 Å². The Hall–Kier alpha value is -0.500. The van der Waals surface area contributed by atoms with Crippen molar-refractivity contribution in [1.29, 1.82) is 0 Å². The molecule has 0 unspecified atom stereocenters. The van der Waals surface area contributed by atoms with E-state index in [1.54, 1.807) is 0 Å². The van der Waals surface area contributed by atoms with Crippen LogP contribution in [0.2, 0.25) is 0 Å². The monoisotopic (exact) mass is 198 g/mol. The summed E-state index contributed by atoms with van der Waals surface area (Å²) in [6.07, 6.45) is 2.28. The summed E-state index contributed by atoms with van der Waals surface area (Å²) in [7, 11) is 0. The number of rotatable bonds is 6. The lowest BCUT2D eigenvalue weighted by atomic mass is 10.2. The molecule has 0 spiro atoms. The zero-order valence-corrected chi connectivity index (χ0v) is 10.6. The molecule has 2 nitrogen and oxygen atoms in total. The van der Waals surface area contributed by atoms with Gasteiger partial charge in [0.2, 0.25) is 0 Å². The first kappa shape index (κ1) is 13.5. The summed E-state index contributed by atoms with van der Waals surface area (Å²) < 4.78 is 0. The van der Waals surface area contributed by atoms with E-state index in [-0.39, 0.29) is 0 Å². The fourth-order valence-electron chi connectivity index (χ4n) is 1.52. The average molecular weight is 198 g/mol. The normalized spacial score (nSPS) is 12.7. The Morgan fingerprint density at radius 1 is 1.21 bits per heavy atom. The lowest BCUT2D eigenvalue weighted by Crippen LogP contribution is -2.33. The van der Waals surface area contributed by atoms with Crippen molar-refractivity contribution < 1.29 is 0 Å². The Bertz CT molecular complexity index is 163. The van der Waals surface area contributed by atoms with Gasteiger partial charge in [-0.05, 0) is 52.9 Å². The quantitative estimate of drug-likeness (QED) is 0.706. The van der Waals surface area contributed by atoms with Gasteiger partial charge >= 0.3 is 0 Å². The first-order chi connectivity index (χ1) is 6.49. The van der Waals surface area contributed by atoms with Crippen molar-refractivity contribution in [3.8, 4) is 0 Å². The third-order valence-electron chi connectivity index (χ3n) is 2.22. The second-order valence-electron chi connectivity index (χ2n) is 4.39. The molecule has 0 aliphatic rings. The van der Waals surface area contributed by atoms with Gasteiger partial charge in [-0.25, -0.2) is 0 Å². The van der Waals surface area contributed by atoms with Crippen LogP contribution >= 0.6 is 0 Å². The number of nitrogens with one attached hydrogen (secondary N) is 1. The molecule has 14 heavy (non-hydrogen) atoms. The van der Waals surface area contributed by atoms with Crippen molar-refractivity contribution in [3.05, 3.63) is 11.8 Å². The molecule has 0 aromatic carbocycles. The second kappa shape index (κ2) is 6.88. The van der Waals surface area contributed by atoms with Crippen molar-refractivity contribution in [2.45, 2.75) is 53.6 Å². The van der Waals surface area contributed by atoms with E-state index >= 15 is 0 Å². The molecule has 0 bridgehead atoms. The first-order valence-corrected chi connectivity index (χ1v) is 5.64. The van der Waals surface area contributed by atoms with E-state index in [9.17, 15) is 0 Å². The highest BCUT2D eigenvalue weighted by atomic mass is 15.2. The summed E-state index contributed by atoms with van der Waals surface area (Å²) in [5.41, 5.74) is 1.40. The lowest BCUT2D eigenvalue weighted by molar-refractivity contribution is 0.254. The molecule has 0 amide bonds. The maximum atomic E-state index is 3.34. The van der Waals surface area contributed by atoms with Crippen LogP contribution in [0.4, 0.5) is 0 Å². The van der Waals surface area contributed by atoms with Crippen molar-refractivity contribution in [3.63, 3.8) is 0 Å². The molecule has 0 atom stereocenters. The molecule has 0 rings (SSSR count). The van der Waals surface area contributed by atoms with E-state index in [4.69, 9.17) is 0 Å². The van der Waals surface area contributed by atoms with Crippen molar-refractivity contribution in [2.75, 3.05) is 13.1 Å². The number of nitrogens with zero attached hydrogens (tertiary/aromatic N) is 1. The maximum Gasteiger partial charge on any atom is 0.0230 e. The topological polar surface area (TPSA) is 15.3 Å². The summed E-state index contributed by atoms with van der Waals surface area (Å²) in [5, 5.41) is 3.34. The maximum absolute atomic E-state index is 3.34. The molecule has 0 saturated heterocycles. The van der Waals surface area contributed by atoms with Gasteiger partial charge in [0, 0.05) is 18.6 Å². The van der Waals surface area contributed by atoms with Crippen LogP contribution in [-0.2, 0) is 0 Å². The Morgan fingerprint density at radius 3 is 2.07 bits per heavy atom. The van der Waals surface area contributed by atoms with E-state index in [1.165, 1.54) is 5.57 Å². The van der Waals surface area contributed by atoms with E-state index in [1.807, 2.05) is 0 Å². The van der Waals surface area contributed by atoms with Gasteiger partial charge in [0.25, 0.3) is 0 Å². The minimum Gasteiger partial charge on any atom is -0.373 e. The smallest absolute Gasteiger partial charge is 0.0230 e. The van der Waals surface area contributed by atoms with Gasteiger partial charge in [-0.3, -0.25) is 0 Å². The third kappa shape index (κ3) is 5.28. The second-order valence-corrected chi connectivity index (χ2v) is 4.39. The summed E-state index contributed by atoms with van der Waals surface area (Å²) >= 11 is 0. The van der Waals surface area contributed by atoms with E-state index in [0.29, 0.717) is 12.1 Å². The van der Waals surface area contributed by atoms with Crippen LogP contribution < -0.4 is 5.32 Å². The zero-order valence-electron chi connectivity index (χ0n) is 10.6. The Morgan fingerprint density at radius 2 is 1.71 bits per heavy atom. The molecular formula is C12H26N2. The molecule has 2 heteroatoms. The fourth-order valence-corrected chi connectivity index (χ4v) is 1.52. The summed E-state index contributed by atoms with van der Waals surface area (Å²) in [5.74, 6) is 0. The summed E-state index contributed by atoms with van der Waals surface area (Å²) in [4.78, 5) is 2.40. The minimum absolute atomic E-state index is 0.576. The number of hydrogen-bond acceptors (Lipinski definition) is 2. The highest BCUT2D eigenvalue weighted by molar-refractivity contribution is 5.01. The van der Waals surface area contributed by atoms with Crippen LogP contribution in [0.1, 0.15) is 41.5 Å². The molecule has 1 N–H and O–H groups in total. The van der Waals surface area contributed by atoms with Crippen LogP contribution in [0.3, 0.4) is 0 Å². The highest BCUT2D eigenvalue weighted by Gasteiger charge is 2.08. The van der Waals surface area contributed by atoms with Gasteiger partial charge in [-0.15, -0.1) is 0 Å². The SMILES string of the molecule is CCNC/C(C)=C\N(C(C)C)C(C)C. The average Bonchev–Trinajstić information content (AvgIpc) is 2.09. The number of hydrogen-bond donors (Lipinski definition) is 1. The predicted molar refractivity (Wildman–Crippen MR) is 64.4 cm³/mol. The lowest BCUT2D eigenvalue weighted by Gasteiger charge is -2.30. The summed E-state index contributed by atoms with van der Waals surface area (Å²) in [6.45, 7) is 15.3. The van der Waals surface area contributed by atoms with Gasteiger partial charge in [0.15, 0.2) is 0 Å². The molecule has 0 fully saturated rings. The van der Waals surface area contributed by atoms with E-state index in [2.05, 4.69) is 58.0 Å². The van der Waals surface area contributed by atoms with Gasteiger partial charge in [0.05, 0.1) is 0 Å². The molecule has 0 aliphatic heterocycles. The molecule has 0 aromatic rings. The molecule has 0 aliphatic carbocycles. The molecule has 84 valence electrons. The van der Waals surface area contributed by atoms with Gasteiger partial charge in [-0.1, -0.05) is 6.92 Å². The summed E-state index contributed by atoms with van der Waals surface area (Å²) in [6, 6.07) is 1.15. The molecule has 0 saturated carbocycles. The molecular weight excluding hydrogens is 172 g/mol. The molecule has 0 radical (unpaired) electrons. The van der Waals surface area contributed by atoms with Crippen molar-refractivity contribution in [2.24, 2.45) is 0 Å². The van der Waals surface area contributed by atoms with Crippen LogP contribution in [0.25, 0.3) is 0 Å². The van der Waals surface area contributed by atoms with Crippen LogP contribution in [0.5, 0.6) is 0 Å². The zero-order chi connectivity index (χ0) is 11.1. The predicted octanol–water partition coefficient (Wildman–Crippen LogP) is 2.62. The minimum atomic E-state index is 0.576. The Balaban J connectivity index is 4.24. The Kier molecular flexibility index (Phi) is 6.64. The van der Waals surface area contributed by atoms with E-state index < -0.39 is 0 Å². The van der Waals surface area contributed by atoms with E-state index in [0.717, 1.165) is 13.1 Å². The third-order valence-corrected chi connectivity index (χ3v) is 2.22. The van der Waals surface area contributed by atoms with Gasteiger partial charge in [0.1, 0.15) is 0 Å². The molecule has 0 heterocycles. The Labute approximate surface area is 89.4 Å². The first-order valence-electron chi connectivity index (χ1n) is 5.64. The van der Waals surface area contributed by atoms with Crippen molar-refractivity contribution >= 4 is 0 Å². The van der Waals surface area contributed by atoms with Crippen molar-refractivity contribution in [1.82, 2.24) is 10.2 Å². The largest absolute Gasteiger partial charge is 0.373 e. The number of likely N-dealkylation sites (N-methyl/N-ethyl adjacent to an activating group) is 1. The van der Waals surface area contributed by atoms with Crippen LogP contribution in [0.15, 0.2) is 11.8 Å². The van der Waals surface area contributed by atoms with Crippen LogP contribution in [-0.4, -0.2) is 30.1 Å². The van der Waals surface area contributed by atoms with Gasteiger partial charge in [-0.2, -0.15) is 0 Å². The van der Waals surface area contributed by atoms with Gasteiger partial charge < -0.3 is 10.2 Å². The fraction of sp³-hybridized carbons (Fsp3) is 0.833. The standard InChI is InChI=1S/C12H26N2/c1-7-13-8-12(6)9-14(10(2)3)11(4)5/h9-11,13H,7-8H2,1-6H3/b12-9-.